The molecule has 1 fully saturated rings. The Morgan fingerprint density at radius 1 is 1.39 bits per heavy atom. The molecule has 6 heteroatoms. The van der Waals surface area contributed by atoms with E-state index in [2.05, 4.69) is 17.1 Å². The van der Waals surface area contributed by atoms with Crippen LogP contribution in [0.15, 0.2) is 0 Å². The predicted molar refractivity (Wildman–Crippen MR) is 68.6 cm³/mol. The summed E-state index contributed by atoms with van der Waals surface area (Å²) in [5, 5.41) is 11.4. The Bertz CT molecular complexity index is 290. The third-order valence-corrected chi connectivity index (χ3v) is 3.32. The van der Waals surface area contributed by atoms with E-state index in [1.807, 2.05) is 0 Å². The van der Waals surface area contributed by atoms with E-state index in [0.29, 0.717) is 12.6 Å². The Hall–Kier alpha value is -1.30. The van der Waals surface area contributed by atoms with Gasteiger partial charge in [-0.3, -0.25) is 9.69 Å². The van der Waals surface area contributed by atoms with Crippen molar-refractivity contribution in [2.24, 2.45) is 0 Å². The highest BCUT2D eigenvalue weighted by atomic mass is 16.4. The number of rotatable bonds is 6. The monoisotopic (exact) mass is 257 g/mol. The number of carboxylic acid groups (broad SMARTS) is 1. The molecular weight excluding hydrogens is 234 g/mol. The Kier molecular flexibility index (Phi) is 5.91. The summed E-state index contributed by atoms with van der Waals surface area (Å²) in [5.41, 5.74) is 0. The number of carboxylic acids is 1. The fourth-order valence-corrected chi connectivity index (χ4v) is 2.05. The lowest BCUT2D eigenvalue weighted by Gasteiger charge is -2.25. The number of carbonyl (C=O) groups excluding carboxylic acids is 1. The second kappa shape index (κ2) is 7.20. The zero-order chi connectivity index (χ0) is 13.5. The molecule has 18 heavy (non-hydrogen) atoms. The first-order valence-corrected chi connectivity index (χ1v) is 6.45. The average Bonchev–Trinajstić information content (AvgIpc) is 2.86. The molecule has 1 atom stereocenters. The van der Waals surface area contributed by atoms with Gasteiger partial charge in [-0.2, -0.15) is 0 Å². The molecule has 104 valence electrons. The highest BCUT2D eigenvalue weighted by Crippen LogP contribution is 2.10. The second-order valence-corrected chi connectivity index (χ2v) is 4.84. The summed E-state index contributed by atoms with van der Waals surface area (Å²) in [6.45, 7) is 5.15. The summed E-state index contributed by atoms with van der Waals surface area (Å²) >= 11 is 0. The number of likely N-dealkylation sites (tertiary alicyclic amines) is 1. The lowest BCUT2D eigenvalue weighted by Crippen LogP contribution is -2.45. The fourth-order valence-electron chi connectivity index (χ4n) is 2.05. The van der Waals surface area contributed by atoms with Crippen LogP contribution >= 0.6 is 0 Å². The molecule has 0 bridgehead atoms. The molecule has 0 spiro atoms. The molecule has 0 aromatic heterocycles. The van der Waals surface area contributed by atoms with E-state index in [0.717, 1.165) is 13.1 Å². The molecule has 6 nitrogen and oxygen atoms in total. The molecule has 0 saturated carbocycles. The maximum absolute atomic E-state index is 11.7. The highest BCUT2D eigenvalue weighted by Gasteiger charge is 2.19. The first-order chi connectivity index (χ1) is 8.50. The van der Waals surface area contributed by atoms with Gasteiger partial charge in [0.05, 0.1) is 6.42 Å². The van der Waals surface area contributed by atoms with Crippen LogP contribution in [0.25, 0.3) is 0 Å². The molecule has 2 amide bonds. The first kappa shape index (κ1) is 14.8. The van der Waals surface area contributed by atoms with Crippen LogP contribution in [0.5, 0.6) is 0 Å². The maximum atomic E-state index is 11.7. The lowest BCUT2D eigenvalue weighted by molar-refractivity contribution is -0.137. The third-order valence-electron chi connectivity index (χ3n) is 3.32. The van der Waals surface area contributed by atoms with Crippen LogP contribution in [-0.4, -0.2) is 66.2 Å². The molecular formula is C12H23N3O3. The molecule has 1 aliphatic heterocycles. The van der Waals surface area contributed by atoms with E-state index in [1.165, 1.54) is 17.7 Å². The van der Waals surface area contributed by atoms with E-state index in [4.69, 9.17) is 5.11 Å². The van der Waals surface area contributed by atoms with Crippen molar-refractivity contribution in [1.29, 1.82) is 0 Å². The molecule has 0 aliphatic carbocycles. The number of carbonyl (C=O) groups is 2. The van der Waals surface area contributed by atoms with Gasteiger partial charge in [0, 0.05) is 26.2 Å². The van der Waals surface area contributed by atoms with Gasteiger partial charge in [-0.25, -0.2) is 4.79 Å². The van der Waals surface area contributed by atoms with Crippen LogP contribution in [-0.2, 0) is 4.79 Å². The van der Waals surface area contributed by atoms with Crippen molar-refractivity contribution in [3.05, 3.63) is 0 Å². The Balaban J connectivity index is 2.20. The van der Waals surface area contributed by atoms with E-state index < -0.39 is 5.97 Å². The van der Waals surface area contributed by atoms with Gasteiger partial charge in [0.25, 0.3) is 0 Å². The number of aliphatic carboxylic acids is 1. The van der Waals surface area contributed by atoms with E-state index in [-0.39, 0.29) is 19.0 Å². The standard InChI is InChI=1S/C12H23N3O3/c1-10(15-6-3-4-7-15)9-13-12(18)14(2)8-5-11(16)17/h10H,3-9H2,1-2H3,(H,13,18)(H,16,17). The Morgan fingerprint density at radius 2 is 2.00 bits per heavy atom. The fraction of sp³-hybridized carbons (Fsp3) is 0.833. The van der Waals surface area contributed by atoms with Crippen molar-refractivity contribution >= 4 is 12.0 Å². The van der Waals surface area contributed by atoms with Crippen LogP contribution in [0, 0.1) is 0 Å². The molecule has 1 saturated heterocycles. The first-order valence-electron chi connectivity index (χ1n) is 6.45. The van der Waals surface area contributed by atoms with Crippen molar-refractivity contribution in [2.75, 3.05) is 33.2 Å². The molecule has 1 unspecified atom stereocenters. The number of amides is 2. The quantitative estimate of drug-likeness (QED) is 0.730. The van der Waals surface area contributed by atoms with Crippen molar-refractivity contribution in [1.82, 2.24) is 15.1 Å². The van der Waals surface area contributed by atoms with Crippen LogP contribution in [0.2, 0.25) is 0 Å². The summed E-state index contributed by atoms with van der Waals surface area (Å²) in [7, 11) is 1.61. The van der Waals surface area contributed by atoms with Gasteiger partial charge in [-0.05, 0) is 32.9 Å². The number of hydrogen-bond donors (Lipinski definition) is 2. The minimum atomic E-state index is -0.889. The number of hydrogen-bond acceptors (Lipinski definition) is 3. The van der Waals surface area contributed by atoms with E-state index >= 15 is 0 Å². The third kappa shape index (κ3) is 4.91. The average molecular weight is 257 g/mol. The van der Waals surface area contributed by atoms with Gasteiger partial charge in [-0.15, -0.1) is 0 Å². The van der Waals surface area contributed by atoms with Gasteiger partial charge in [0.1, 0.15) is 0 Å². The smallest absolute Gasteiger partial charge is 0.317 e. The van der Waals surface area contributed by atoms with Gasteiger partial charge in [0.2, 0.25) is 0 Å². The molecule has 1 heterocycles. The summed E-state index contributed by atoms with van der Waals surface area (Å²) in [5.74, 6) is -0.889. The van der Waals surface area contributed by atoms with Gasteiger partial charge in [-0.1, -0.05) is 0 Å². The normalized spacial score (nSPS) is 17.4. The van der Waals surface area contributed by atoms with Crippen LogP contribution in [0.3, 0.4) is 0 Å². The van der Waals surface area contributed by atoms with Crippen molar-refractivity contribution in [3.63, 3.8) is 0 Å². The lowest BCUT2D eigenvalue weighted by atomic mass is 10.3. The Morgan fingerprint density at radius 3 is 2.56 bits per heavy atom. The van der Waals surface area contributed by atoms with E-state index in [9.17, 15) is 9.59 Å². The van der Waals surface area contributed by atoms with Gasteiger partial charge >= 0.3 is 12.0 Å². The zero-order valence-electron chi connectivity index (χ0n) is 11.2. The van der Waals surface area contributed by atoms with Crippen LogP contribution in [0.1, 0.15) is 26.2 Å². The maximum Gasteiger partial charge on any atom is 0.317 e. The number of nitrogens with one attached hydrogen (secondary N) is 1. The largest absolute Gasteiger partial charge is 0.481 e. The van der Waals surface area contributed by atoms with Gasteiger partial charge < -0.3 is 15.3 Å². The summed E-state index contributed by atoms with van der Waals surface area (Å²) in [6.07, 6.45) is 2.44. The van der Waals surface area contributed by atoms with Crippen molar-refractivity contribution in [3.8, 4) is 0 Å². The van der Waals surface area contributed by atoms with Crippen molar-refractivity contribution in [2.45, 2.75) is 32.2 Å². The minimum absolute atomic E-state index is 0.0222. The molecule has 1 rings (SSSR count). The van der Waals surface area contributed by atoms with Crippen LogP contribution < -0.4 is 5.32 Å². The minimum Gasteiger partial charge on any atom is -0.481 e. The molecule has 0 aromatic rings. The topological polar surface area (TPSA) is 72.9 Å². The van der Waals surface area contributed by atoms with Gasteiger partial charge in [0.15, 0.2) is 0 Å². The number of urea groups is 1. The highest BCUT2D eigenvalue weighted by molar-refractivity contribution is 5.75. The summed E-state index contributed by atoms with van der Waals surface area (Å²) in [4.78, 5) is 25.8. The summed E-state index contributed by atoms with van der Waals surface area (Å²) in [6, 6.07) is 0.131. The second-order valence-electron chi connectivity index (χ2n) is 4.84. The van der Waals surface area contributed by atoms with E-state index in [1.54, 1.807) is 7.05 Å². The molecule has 1 aliphatic rings. The number of nitrogens with zero attached hydrogens (tertiary/aromatic N) is 2. The van der Waals surface area contributed by atoms with Crippen LogP contribution in [0.4, 0.5) is 4.79 Å². The predicted octanol–water partition coefficient (Wildman–Crippen LogP) is 0.587. The van der Waals surface area contributed by atoms with Crippen molar-refractivity contribution < 1.29 is 14.7 Å². The summed E-state index contributed by atoms with van der Waals surface area (Å²) < 4.78 is 0. The molecule has 0 radical (unpaired) electrons. The zero-order valence-corrected chi connectivity index (χ0v) is 11.2. The molecule has 0 aromatic carbocycles. The molecule has 2 N–H and O–H groups in total. The SMILES string of the molecule is CC(CNC(=O)N(C)CCC(=O)O)N1CCCC1. The Labute approximate surface area is 108 Å².